The van der Waals surface area contributed by atoms with Gasteiger partial charge in [-0.25, -0.2) is 15.0 Å². The predicted octanol–water partition coefficient (Wildman–Crippen LogP) is 15.6. The Morgan fingerprint density at radius 2 is 1.03 bits per heavy atom. The fourth-order valence-corrected chi connectivity index (χ4v) is 11.2. The maximum absolute atomic E-state index is 5.63. The van der Waals surface area contributed by atoms with Gasteiger partial charge in [0.2, 0.25) is 5.95 Å². The molecule has 0 radical (unpaired) electrons. The van der Waals surface area contributed by atoms with Crippen molar-refractivity contribution in [3.63, 3.8) is 0 Å². The molecule has 3 aromatic heterocycles. The van der Waals surface area contributed by atoms with Crippen LogP contribution in [0.25, 0.3) is 94.9 Å². The molecule has 2 aliphatic carbocycles. The second-order valence-corrected chi connectivity index (χ2v) is 19.3. The van der Waals surface area contributed by atoms with Gasteiger partial charge in [0.05, 0.1) is 33.5 Å². The zero-order chi connectivity index (χ0) is 47.7. The molecule has 15 rings (SSSR count). The monoisotopic (exact) mass is 925 g/mol. The summed E-state index contributed by atoms with van der Waals surface area (Å²) in [6, 6.07) is 70.6. The third-order valence-corrected chi connectivity index (χ3v) is 14.7. The summed E-state index contributed by atoms with van der Waals surface area (Å²) >= 11 is 0. The van der Waals surface area contributed by atoms with Crippen LogP contribution in [-0.2, 0) is 0 Å². The zero-order valence-electron chi connectivity index (χ0n) is 39.7. The normalized spacial score (nSPS) is 16.7. The molecule has 0 spiro atoms. The van der Waals surface area contributed by atoms with E-state index in [1.807, 2.05) is 36.4 Å². The van der Waals surface area contributed by atoms with Crippen LogP contribution >= 0.6 is 0 Å². The standard InChI is InChI=1S/C65H47N7/c1-41-18-16-27-50(36-41)71-57-35-33-47(40-54(57)59-52(29-17-31-58(59)71)61-49-37-48(38-49)60(42-19-6-2-7-20-42)66-62(67-61)43-21-8-3-9-22-43)46-32-34-56-53(39-46)51-28-14-15-30-55(51)72(56)65-69-63(44-23-10-4-11-24-44)68-64(70-65)45-25-12-5-13-26-45/h2-17,19-36,39-41,48H,18,37-38H2,1H3. The molecule has 1 saturated carbocycles. The first kappa shape index (κ1) is 41.9. The number of benzene rings is 8. The van der Waals surface area contributed by atoms with Gasteiger partial charge in [-0.3, -0.25) is 4.57 Å². The molecule has 342 valence electrons. The van der Waals surface area contributed by atoms with Crippen LogP contribution in [0.4, 0.5) is 0 Å². The third-order valence-electron chi connectivity index (χ3n) is 14.7. The maximum Gasteiger partial charge on any atom is 0.238 e. The van der Waals surface area contributed by atoms with Crippen LogP contribution in [0, 0.1) is 11.8 Å². The van der Waals surface area contributed by atoms with Gasteiger partial charge in [0.15, 0.2) is 17.5 Å². The highest BCUT2D eigenvalue weighted by molar-refractivity contribution is 6.19. The second kappa shape index (κ2) is 17.1. The fraction of sp³-hybridized carbons (Fsp3) is 0.0923. The lowest BCUT2D eigenvalue weighted by Gasteiger charge is -2.34. The Bertz CT molecular complexity index is 4050. The van der Waals surface area contributed by atoms with E-state index in [0.717, 1.165) is 97.3 Å². The van der Waals surface area contributed by atoms with E-state index in [-0.39, 0.29) is 0 Å². The van der Waals surface area contributed by atoms with Gasteiger partial charge in [0.25, 0.3) is 0 Å². The Labute approximate surface area is 417 Å². The maximum atomic E-state index is 5.63. The minimum atomic E-state index is 0.320. The SMILES string of the molecule is CC1C=C(n2c3ccc(-c4ccc5c(c4)c4ccccc4n5-c4nc(-c5ccccc5)nc(-c5ccccc5)n4)cc3c3c(C4=C5CC(C5)C(c5ccccc5)=NC(c5ccccc5)=N4)cccc32)C=CC1. The van der Waals surface area contributed by atoms with Gasteiger partial charge in [-0.15, -0.1) is 0 Å². The number of nitrogens with zero attached hydrogens (tertiary/aromatic N) is 7. The van der Waals surface area contributed by atoms with E-state index in [9.17, 15) is 0 Å². The summed E-state index contributed by atoms with van der Waals surface area (Å²) in [4.78, 5) is 26.4. The summed E-state index contributed by atoms with van der Waals surface area (Å²) in [6.07, 6.45) is 9.92. The van der Waals surface area contributed by atoms with E-state index in [1.54, 1.807) is 0 Å². The molecule has 0 saturated heterocycles. The average molecular weight is 926 g/mol. The first-order valence-corrected chi connectivity index (χ1v) is 25.0. The molecule has 2 bridgehead atoms. The number of hydrogen-bond acceptors (Lipinski definition) is 5. The lowest BCUT2D eigenvalue weighted by molar-refractivity contribution is 0.548. The quantitative estimate of drug-likeness (QED) is 0.152. The second-order valence-electron chi connectivity index (χ2n) is 19.3. The molecule has 2 aliphatic heterocycles. The van der Waals surface area contributed by atoms with E-state index < -0.39 is 0 Å². The number of aromatic nitrogens is 5. The number of amidine groups is 1. The predicted molar refractivity (Wildman–Crippen MR) is 296 cm³/mol. The van der Waals surface area contributed by atoms with Crippen LogP contribution in [0.3, 0.4) is 0 Å². The van der Waals surface area contributed by atoms with Crippen molar-refractivity contribution in [2.45, 2.75) is 26.2 Å². The molecule has 7 nitrogen and oxygen atoms in total. The molecule has 5 heterocycles. The Kier molecular flexibility index (Phi) is 9.95. The molecular formula is C65H47N7. The number of aliphatic imine (C=N–C) groups is 2. The molecule has 0 amide bonds. The summed E-state index contributed by atoms with van der Waals surface area (Å²) < 4.78 is 4.66. The molecule has 8 aromatic carbocycles. The van der Waals surface area contributed by atoms with Gasteiger partial charge >= 0.3 is 0 Å². The number of allylic oxidation sites excluding steroid dienone is 5. The Morgan fingerprint density at radius 3 is 1.69 bits per heavy atom. The van der Waals surface area contributed by atoms with Crippen LogP contribution in [-0.4, -0.2) is 35.6 Å². The Hall–Kier alpha value is -9.07. The highest BCUT2D eigenvalue weighted by atomic mass is 15.2. The zero-order valence-corrected chi connectivity index (χ0v) is 39.7. The van der Waals surface area contributed by atoms with Gasteiger partial charge in [-0.05, 0) is 89.9 Å². The van der Waals surface area contributed by atoms with Crippen LogP contribution in [0.2, 0.25) is 0 Å². The number of fused-ring (bicyclic) bond motifs is 8. The molecule has 7 heteroatoms. The van der Waals surface area contributed by atoms with Crippen LogP contribution in [0.1, 0.15) is 42.9 Å². The summed E-state index contributed by atoms with van der Waals surface area (Å²) in [5, 5.41) is 4.65. The van der Waals surface area contributed by atoms with E-state index >= 15 is 0 Å². The lowest BCUT2D eigenvalue weighted by atomic mass is 9.73. The van der Waals surface area contributed by atoms with Gasteiger partial charge in [-0.1, -0.05) is 183 Å². The van der Waals surface area contributed by atoms with Crippen molar-refractivity contribution in [1.29, 1.82) is 0 Å². The van der Waals surface area contributed by atoms with Gasteiger partial charge in [0.1, 0.15) is 0 Å². The molecular weight excluding hydrogens is 879 g/mol. The molecule has 1 atom stereocenters. The van der Waals surface area contributed by atoms with Crippen LogP contribution in [0.15, 0.2) is 234 Å². The minimum Gasteiger partial charge on any atom is -0.310 e. The smallest absolute Gasteiger partial charge is 0.238 e. The molecule has 4 aliphatic rings. The molecule has 72 heavy (non-hydrogen) atoms. The first-order valence-electron chi connectivity index (χ1n) is 25.0. The van der Waals surface area contributed by atoms with Gasteiger partial charge in [-0.2, -0.15) is 9.97 Å². The fourth-order valence-electron chi connectivity index (χ4n) is 11.2. The van der Waals surface area contributed by atoms with Gasteiger partial charge in [0, 0.05) is 55.4 Å². The summed E-state index contributed by atoms with van der Waals surface area (Å²) in [7, 11) is 0. The van der Waals surface area contributed by atoms with Crippen molar-refractivity contribution in [2.24, 2.45) is 21.8 Å². The van der Waals surface area contributed by atoms with Crippen molar-refractivity contribution >= 4 is 66.6 Å². The van der Waals surface area contributed by atoms with E-state index in [1.165, 1.54) is 33.1 Å². The first-order chi connectivity index (χ1) is 35.6. The largest absolute Gasteiger partial charge is 0.310 e. The van der Waals surface area contributed by atoms with Crippen molar-refractivity contribution in [3.8, 4) is 39.9 Å². The number of para-hydroxylation sites is 1. The molecule has 0 N–H and O–H groups in total. The van der Waals surface area contributed by atoms with Gasteiger partial charge < -0.3 is 4.57 Å². The van der Waals surface area contributed by atoms with Crippen LogP contribution < -0.4 is 0 Å². The average Bonchev–Trinajstić information content (AvgIpc) is 3.94. The molecule has 1 fully saturated rings. The van der Waals surface area contributed by atoms with Crippen molar-refractivity contribution < 1.29 is 0 Å². The minimum absolute atomic E-state index is 0.320. The van der Waals surface area contributed by atoms with E-state index in [4.69, 9.17) is 24.9 Å². The van der Waals surface area contributed by atoms with Crippen LogP contribution in [0.5, 0.6) is 0 Å². The Balaban J connectivity index is 0.963. The van der Waals surface area contributed by atoms with Crippen molar-refractivity contribution in [3.05, 3.63) is 241 Å². The Morgan fingerprint density at radius 1 is 0.458 bits per heavy atom. The molecule has 1 unspecified atom stereocenters. The number of hydrogen-bond donors (Lipinski definition) is 0. The topological polar surface area (TPSA) is 73.2 Å². The van der Waals surface area contributed by atoms with E-state index in [2.05, 4.69) is 198 Å². The number of rotatable bonds is 8. The third kappa shape index (κ3) is 7.07. The van der Waals surface area contributed by atoms with E-state index in [0.29, 0.717) is 29.4 Å². The van der Waals surface area contributed by atoms with Crippen molar-refractivity contribution in [1.82, 2.24) is 24.1 Å². The highest BCUT2D eigenvalue weighted by Gasteiger charge is 2.35. The van der Waals surface area contributed by atoms with Crippen molar-refractivity contribution in [2.75, 3.05) is 0 Å². The summed E-state index contributed by atoms with van der Waals surface area (Å²) in [6.45, 7) is 2.30. The summed E-state index contributed by atoms with van der Waals surface area (Å²) in [5.41, 5.74) is 16.6. The molecule has 11 aromatic rings. The summed E-state index contributed by atoms with van der Waals surface area (Å²) in [5.74, 6) is 3.33. The highest BCUT2D eigenvalue weighted by Crippen LogP contribution is 2.47. The lowest BCUT2D eigenvalue weighted by Crippen LogP contribution is -2.28.